The van der Waals surface area contributed by atoms with Crippen LogP contribution in [0.15, 0.2) is 0 Å². The molecule has 0 spiro atoms. The topological polar surface area (TPSA) is 43.4 Å². The van der Waals surface area contributed by atoms with E-state index in [0.29, 0.717) is 25.4 Å². The SMILES string of the molecule is O=C1C[C@H]2CC[C@@H]1C(=O)OC2. The van der Waals surface area contributed by atoms with Gasteiger partial charge in [-0.3, -0.25) is 9.59 Å². The van der Waals surface area contributed by atoms with Gasteiger partial charge in [0.05, 0.1) is 6.61 Å². The molecule has 1 saturated carbocycles. The van der Waals surface area contributed by atoms with Crippen molar-refractivity contribution in [1.29, 1.82) is 0 Å². The minimum Gasteiger partial charge on any atom is -0.465 e. The normalized spacial score (nSPS) is 36.7. The van der Waals surface area contributed by atoms with Crippen molar-refractivity contribution in [2.75, 3.05) is 6.61 Å². The minimum absolute atomic E-state index is 0.0868. The van der Waals surface area contributed by atoms with Gasteiger partial charge in [0.2, 0.25) is 0 Å². The van der Waals surface area contributed by atoms with Crippen LogP contribution in [0.2, 0.25) is 0 Å². The van der Waals surface area contributed by atoms with Crippen LogP contribution in [0.1, 0.15) is 19.3 Å². The van der Waals surface area contributed by atoms with Gasteiger partial charge < -0.3 is 4.74 Å². The van der Waals surface area contributed by atoms with Gasteiger partial charge in [-0.25, -0.2) is 0 Å². The molecule has 3 rings (SSSR count). The van der Waals surface area contributed by atoms with Gasteiger partial charge in [-0.2, -0.15) is 0 Å². The van der Waals surface area contributed by atoms with Crippen LogP contribution < -0.4 is 0 Å². The summed E-state index contributed by atoms with van der Waals surface area (Å²) in [5.41, 5.74) is 0. The molecule has 0 aromatic carbocycles. The largest absolute Gasteiger partial charge is 0.465 e. The van der Waals surface area contributed by atoms with Gasteiger partial charge in [-0.15, -0.1) is 0 Å². The Kier molecular flexibility index (Phi) is 1.44. The highest BCUT2D eigenvalue weighted by Crippen LogP contribution is 2.30. The third-order valence-electron chi connectivity index (χ3n) is 2.49. The summed E-state index contributed by atoms with van der Waals surface area (Å²) in [6.07, 6.45) is 2.24. The molecule has 3 nitrogen and oxygen atoms in total. The molecule has 2 atom stereocenters. The Morgan fingerprint density at radius 3 is 2.82 bits per heavy atom. The summed E-state index contributed by atoms with van der Waals surface area (Å²) >= 11 is 0. The lowest BCUT2D eigenvalue weighted by atomic mass is 9.83. The lowest BCUT2D eigenvalue weighted by molar-refractivity contribution is -0.149. The van der Waals surface area contributed by atoms with Crippen LogP contribution in [0.5, 0.6) is 0 Å². The van der Waals surface area contributed by atoms with Crippen LogP contribution in [0.3, 0.4) is 0 Å². The van der Waals surface area contributed by atoms with Crippen molar-refractivity contribution in [1.82, 2.24) is 0 Å². The summed E-state index contributed by atoms with van der Waals surface area (Å²) in [6, 6.07) is 0. The summed E-state index contributed by atoms with van der Waals surface area (Å²) in [5.74, 6) is -0.322. The number of hydrogen-bond donors (Lipinski definition) is 0. The number of ether oxygens (including phenoxy) is 1. The molecule has 0 aromatic rings. The molecule has 0 N–H and O–H groups in total. The second-order valence-corrected chi connectivity index (χ2v) is 3.30. The zero-order valence-electron chi connectivity index (χ0n) is 6.21. The van der Waals surface area contributed by atoms with E-state index >= 15 is 0 Å². The van der Waals surface area contributed by atoms with E-state index in [1.807, 2.05) is 0 Å². The smallest absolute Gasteiger partial charge is 0.316 e. The van der Waals surface area contributed by atoms with E-state index in [2.05, 4.69) is 0 Å². The summed E-state index contributed by atoms with van der Waals surface area (Å²) < 4.78 is 4.90. The number of esters is 1. The van der Waals surface area contributed by atoms with E-state index < -0.39 is 5.92 Å². The fraction of sp³-hybridized carbons (Fsp3) is 0.750. The van der Waals surface area contributed by atoms with Gasteiger partial charge >= 0.3 is 5.97 Å². The maximum absolute atomic E-state index is 11.2. The predicted molar refractivity (Wildman–Crippen MR) is 36.8 cm³/mol. The molecule has 60 valence electrons. The molecule has 3 aliphatic rings. The second kappa shape index (κ2) is 2.32. The lowest BCUT2D eigenvalue weighted by Crippen LogP contribution is -2.26. The van der Waals surface area contributed by atoms with Gasteiger partial charge in [0.25, 0.3) is 0 Å². The van der Waals surface area contributed by atoms with Gasteiger partial charge in [0, 0.05) is 12.3 Å². The quantitative estimate of drug-likeness (QED) is 0.377. The van der Waals surface area contributed by atoms with Crippen LogP contribution in [0.4, 0.5) is 0 Å². The standard InChI is InChI=1S/C8H10O3/c9-7-3-5-1-2-6(7)8(10)11-4-5/h5-6H,1-4H2/t5-,6+/m1/s1. The van der Waals surface area contributed by atoms with Gasteiger partial charge in [-0.05, 0) is 12.8 Å². The first-order chi connectivity index (χ1) is 5.27. The first kappa shape index (κ1) is 6.83. The van der Waals surface area contributed by atoms with Crippen molar-refractivity contribution in [2.45, 2.75) is 19.3 Å². The van der Waals surface area contributed by atoms with Gasteiger partial charge in [-0.1, -0.05) is 0 Å². The average molecular weight is 154 g/mol. The van der Waals surface area contributed by atoms with Crippen molar-refractivity contribution >= 4 is 11.8 Å². The van der Waals surface area contributed by atoms with Gasteiger partial charge in [0.15, 0.2) is 0 Å². The number of carbonyl (C=O) groups excluding carboxylic acids is 2. The number of rotatable bonds is 0. The third kappa shape index (κ3) is 1.04. The number of fused-ring (bicyclic) bond motifs is 4. The number of ketones is 1. The van der Waals surface area contributed by atoms with Crippen molar-refractivity contribution in [2.24, 2.45) is 11.8 Å². The highest BCUT2D eigenvalue weighted by Gasteiger charge is 2.38. The van der Waals surface area contributed by atoms with E-state index in [1.165, 1.54) is 0 Å². The molecule has 2 aliphatic heterocycles. The van der Waals surface area contributed by atoms with Crippen molar-refractivity contribution in [3.05, 3.63) is 0 Å². The molecular weight excluding hydrogens is 144 g/mol. The lowest BCUT2D eigenvalue weighted by Gasteiger charge is -2.17. The van der Waals surface area contributed by atoms with Crippen LogP contribution in [0, 0.1) is 11.8 Å². The van der Waals surface area contributed by atoms with Crippen LogP contribution in [-0.4, -0.2) is 18.4 Å². The Labute approximate surface area is 64.7 Å². The van der Waals surface area contributed by atoms with Crippen molar-refractivity contribution < 1.29 is 14.3 Å². The van der Waals surface area contributed by atoms with E-state index in [4.69, 9.17) is 4.74 Å². The molecule has 3 fully saturated rings. The van der Waals surface area contributed by atoms with Gasteiger partial charge in [0.1, 0.15) is 11.7 Å². The number of carbonyl (C=O) groups is 2. The zero-order chi connectivity index (χ0) is 7.84. The first-order valence-corrected chi connectivity index (χ1v) is 3.96. The Balaban J connectivity index is 2.26. The zero-order valence-corrected chi connectivity index (χ0v) is 6.21. The molecule has 2 heterocycles. The van der Waals surface area contributed by atoms with E-state index in [0.717, 1.165) is 6.42 Å². The molecular formula is C8H10O3. The number of Topliss-reactive ketones (excluding diaryl/α,β-unsaturated/α-hetero) is 1. The fourth-order valence-electron chi connectivity index (χ4n) is 1.78. The highest BCUT2D eigenvalue weighted by molar-refractivity contribution is 6.00. The Morgan fingerprint density at radius 2 is 2.09 bits per heavy atom. The summed E-state index contributed by atoms with van der Waals surface area (Å²) in [5, 5.41) is 0. The van der Waals surface area contributed by atoms with Crippen LogP contribution >= 0.6 is 0 Å². The summed E-state index contributed by atoms with van der Waals surface area (Å²) in [7, 11) is 0. The second-order valence-electron chi connectivity index (χ2n) is 3.30. The first-order valence-electron chi connectivity index (χ1n) is 3.96. The van der Waals surface area contributed by atoms with Crippen LogP contribution in [-0.2, 0) is 14.3 Å². The molecule has 3 heteroatoms. The molecule has 11 heavy (non-hydrogen) atoms. The molecule has 2 bridgehead atoms. The van der Waals surface area contributed by atoms with Crippen molar-refractivity contribution in [3.8, 4) is 0 Å². The van der Waals surface area contributed by atoms with Crippen LogP contribution in [0.25, 0.3) is 0 Å². The molecule has 0 amide bonds. The predicted octanol–water partition coefficient (Wildman–Crippen LogP) is 0.529. The Hall–Kier alpha value is -0.860. The molecule has 0 radical (unpaired) electrons. The maximum atomic E-state index is 11.2. The molecule has 2 saturated heterocycles. The summed E-state index contributed by atoms with van der Waals surface area (Å²) in [6.45, 7) is 0.459. The fourth-order valence-corrected chi connectivity index (χ4v) is 1.78. The van der Waals surface area contributed by atoms with Crippen molar-refractivity contribution in [3.63, 3.8) is 0 Å². The Bertz CT molecular complexity index is 201. The number of hydrogen-bond acceptors (Lipinski definition) is 3. The third-order valence-corrected chi connectivity index (χ3v) is 2.49. The minimum atomic E-state index is -0.422. The molecule has 0 aromatic heterocycles. The molecule has 0 unspecified atom stereocenters. The van der Waals surface area contributed by atoms with E-state index in [-0.39, 0.29) is 11.8 Å². The highest BCUT2D eigenvalue weighted by atomic mass is 16.5. The summed E-state index contributed by atoms with van der Waals surface area (Å²) in [4.78, 5) is 22.2. The Morgan fingerprint density at radius 1 is 1.27 bits per heavy atom. The maximum Gasteiger partial charge on any atom is 0.316 e. The van der Waals surface area contributed by atoms with E-state index in [1.54, 1.807) is 0 Å². The average Bonchev–Trinajstić information content (AvgIpc) is 2.21. The van der Waals surface area contributed by atoms with E-state index in [9.17, 15) is 9.59 Å². The molecule has 1 aliphatic carbocycles. The monoisotopic (exact) mass is 154 g/mol.